The maximum atomic E-state index is 12.4. The molecule has 0 radical (unpaired) electrons. The van der Waals surface area contributed by atoms with E-state index in [0.717, 1.165) is 55.8 Å². The van der Waals surface area contributed by atoms with Crippen molar-refractivity contribution in [3.05, 3.63) is 54.4 Å². The lowest BCUT2D eigenvalue weighted by Crippen LogP contribution is -2.53. The van der Waals surface area contributed by atoms with Gasteiger partial charge in [-0.3, -0.25) is 0 Å². The number of aromatic nitrogens is 2. The molecule has 5 rings (SSSR count). The molecule has 8 nitrogen and oxygen atoms in total. The minimum Gasteiger partial charge on any atom is -0.373 e. The Kier molecular flexibility index (Phi) is 6.67. The van der Waals surface area contributed by atoms with Crippen LogP contribution >= 0.6 is 0 Å². The molecule has 2 aliphatic rings. The number of anilines is 1. The van der Waals surface area contributed by atoms with Crippen LogP contribution in [-0.4, -0.2) is 73.0 Å². The van der Waals surface area contributed by atoms with E-state index in [1.165, 1.54) is 11.1 Å². The summed E-state index contributed by atoms with van der Waals surface area (Å²) in [6.07, 6.45) is 5.92. The normalized spacial score (nSPS) is 18.3. The van der Waals surface area contributed by atoms with Crippen molar-refractivity contribution in [2.45, 2.75) is 38.3 Å². The molecule has 0 unspecified atom stereocenters. The van der Waals surface area contributed by atoms with Crippen molar-refractivity contribution >= 4 is 17.2 Å². The Labute approximate surface area is 207 Å². The van der Waals surface area contributed by atoms with Gasteiger partial charge in [0.15, 0.2) is 0 Å². The highest BCUT2D eigenvalue weighted by Crippen LogP contribution is 2.36. The lowest BCUT2D eigenvalue weighted by molar-refractivity contribution is -0.0391. The van der Waals surface area contributed by atoms with E-state index in [2.05, 4.69) is 63.2 Å². The van der Waals surface area contributed by atoms with Gasteiger partial charge in [0.25, 0.3) is 0 Å². The molecule has 2 N–H and O–H groups in total. The SMILES string of the molecule is COC1(c2ccc(-c3cc4c(N5CCN(C(=O)NC(C)C)CC5)ccnn4c3)cc2)CCNCC1. The third kappa shape index (κ3) is 4.73. The van der Waals surface area contributed by atoms with Gasteiger partial charge in [-0.05, 0) is 63.0 Å². The van der Waals surface area contributed by atoms with Crippen LogP contribution < -0.4 is 15.5 Å². The first-order valence-electron chi connectivity index (χ1n) is 12.6. The van der Waals surface area contributed by atoms with Gasteiger partial charge in [0.1, 0.15) is 0 Å². The molecular formula is C27H36N6O2. The molecule has 3 aromatic rings. The highest BCUT2D eigenvalue weighted by molar-refractivity contribution is 5.80. The van der Waals surface area contributed by atoms with E-state index in [9.17, 15) is 4.79 Å². The predicted molar refractivity (Wildman–Crippen MR) is 139 cm³/mol. The molecule has 0 bridgehead atoms. The zero-order valence-corrected chi connectivity index (χ0v) is 21.0. The molecule has 2 aromatic heterocycles. The highest BCUT2D eigenvalue weighted by atomic mass is 16.5. The molecule has 2 fully saturated rings. The number of nitrogens with one attached hydrogen (secondary N) is 2. The summed E-state index contributed by atoms with van der Waals surface area (Å²) in [5.41, 5.74) is 5.59. The van der Waals surface area contributed by atoms with Gasteiger partial charge >= 0.3 is 6.03 Å². The van der Waals surface area contributed by atoms with Crippen LogP contribution in [0.15, 0.2) is 48.8 Å². The quantitative estimate of drug-likeness (QED) is 0.590. The fraction of sp³-hybridized carbons (Fsp3) is 0.481. The fourth-order valence-electron chi connectivity index (χ4n) is 5.32. The molecule has 8 heteroatoms. The van der Waals surface area contributed by atoms with Crippen LogP contribution in [0.5, 0.6) is 0 Å². The van der Waals surface area contributed by atoms with E-state index in [-0.39, 0.29) is 17.7 Å². The Balaban J connectivity index is 1.34. The van der Waals surface area contributed by atoms with Crippen molar-refractivity contribution in [3.8, 4) is 11.1 Å². The van der Waals surface area contributed by atoms with Crippen LogP contribution in [0.4, 0.5) is 10.5 Å². The van der Waals surface area contributed by atoms with Gasteiger partial charge in [0.2, 0.25) is 0 Å². The predicted octanol–water partition coefficient (Wildman–Crippen LogP) is 3.47. The summed E-state index contributed by atoms with van der Waals surface area (Å²) in [5, 5.41) is 11.0. The van der Waals surface area contributed by atoms with E-state index in [0.29, 0.717) is 13.1 Å². The van der Waals surface area contributed by atoms with Crippen LogP contribution in [0, 0.1) is 0 Å². The Morgan fingerprint density at radius 1 is 1.06 bits per heavy atom. The molecule has 1 aromatic carbocycles. The molecular weight excluding hydrogens is 440 g/mol. The maximum Gasteiger partial charge on any atom is 0.317 e. The van der Waals surface area contributed by atoms with Gasteiger partial charge in [-0.15, -0.1) is 0 Å². The van der Waals surface area contributed by atoms with Crippen molar-refractivity contribution in [3.63, 3.8) is 0 Å². The Bertz CT molecular complexity index is 1160. The van der Waals surface area contributed by atoms with Crippen molar-refractivity contribution in [2.24, 2.45) is 0 Å². The van der Waals surface area contributed by atoms with E-state index in [1.54, 1.807) is 0 Å². The molecule has 0 aliphatic carbocycles. The smallest absolute Gasteiger partial charge is 0.317 e. The summed E-state index contributed by atoms with van der Waals surface area (Å²) in [5.74, 6) is 0. The number of hydrogen-bond acceptors (Lipinski definition) is 5. The monoisotopic (exact) mass is 476 g/mol. The molecule has 35 heavy (non-hydrogen) atoms. The van der Waals surface area contributed by atoms with Crippen LogP contribution in [0.2, 0.25) is 0 Å². The standard InChI is InChI=1S/C27H36N6O2/c1-20(2)30-26(34)32-16-14-31(15-17-32)24-8-11-29-33-19-22(18-25(24)33)21-4-6-23(7-5-21)27(35-3)9-12-28-13-10-27/h4-8,11,18-20,28H,9-10,12-17H2,1-3H3,(H,30,34). The Morgan fingerprint density at radius 2 is 1.77 bits per heavy atom. The number of rotatable bonds is 5. The first-order chi connectivity index (χ1) is 17.0. The largest absolute Gasteiger partial charge is 0.373 e. The third-order valence-corrected chi connectivity index (χ3v) is 7.35. The summed E-state index contributed by atoms with van der Waals surface area (Å²) in [4.78, 5) is 16.6. The zero-order valence-electron chi connectivity index (χ0n) is 21.0. The minimum absolute atomic E-state index is 0.0210. The molecule has 2 aliphatic heterocycles. The van der Waals surface area contributed by atoms with Crippen molar-refractivity contribution in [2.75, 3.05) is 51.3 Å². The van der Waals surface area contributed by atoms with Crippen LogP contribution in [-0.2, 0) is 10.3 Å². The van der Waals surface area contributed by atoms with E-state index in [4.69, 9.17) is 4.74 Å². The number of methoxy groups -OCH3 is 1. The summed E-state index contributed by atoms with van der Waals surface area (Å²) in [6, 6.07) is 13.3. The number of carbonyl (C=O) groups is 1. The van der Waals surface area contributed by atoms with E-state index < -0.39 is 0 Å². The van der Waals surface area contributed by atoms with Gasteiger partial charge in [-0.1, -0.05) is 24.3 Å². The second-order valence-corrected chi connectivity index (χ2v) is 9.88. The number of benzene rings is 1. The zero-order chi connectivity index (χ0) is 24.4. The second kappa shape index (κ2) is 9.87. The van der Waals surface area contributed by atoms with Crippen LogP contribution in [0.1, 0.15) is 32.3 Å². The highest BCUT2D eigenvalue weighted by Gasteiger charge is 2.33. The number of piperazine rings is 1. The number of nitrogens with zero attached hydrogens (tertiary/aromatic N) is 4. The topological polar surface area (TPSA) is 74.1 Å². The lowest BCUT2D eigenvalue weighted by Gasteiger charge is -2.37. The molecule has 0 saturated carbocycles. The third-order valence-electron chi connectivity index (χ3n) is 7.35. The van der Waals surface area contributed by atoms with Crippen molar-refractivity contribution in [1.82, 2.24) is 25.1 Å². The number of carbonyl (C=O) groups excluding carboxylic acids is 1. The number of ether oxygens (including phenoxy) is 1. The maximum absolute atomic E-state index is 12.4. The molecule has 0 spiro atoms. The van der Waals surface area contributed by atoms with Gasteiger partial charge in [-0.25, -0.2) is 9.31 Å². The van der Waals surface area contributed by atoms with Crippen molar-refractivity contribution in [1.29, 1.82) is 0 Å². The number of hydrogen-bond donors (Lipinski definition) is 2. The molecule has 2 saturated heterocycles. The average molecular weight is 477 g/mol. The average Bonchev–Trinajstić information content (AvgIpc) is 3.33. The molecule has 4 heterocycles. The van der Waals surface area contributed by atoms with Gasteiger partial charge < -0.3 is 25.2 Å². The molecule has 2 amide bonds. The first kappa shape index (κ1) is 23.6. The van der Waals surface area contributed by atoms with E-state index in [1.807, 2.05) is 36.6 Å². The lowest BCUT2D eigenvalue weighted by atomic mass is 9.84. The van der Waals surface area contributed by atoms with Gasteiger partial charge in [0, 0.05) is 57.3 Å². The number of urea groups is 1. The first-order valence-corrected chi connectivity index (χ1v) is 12.6. The summed E-state index contributed by atoms with van der Waals surface area (Å²) >= 11 is 0. The molecule has 0 atom stereocenters. The van der Waals surface area contributed by atoms with Gasteiger partial charge in [0.05, 0.1) is 16.8 Å². The summed E-state index contributed by atoms with van der Waals surface area (Å²) in [6.45, 7) is 8.95. The number of amides is 2. The van der Waals surface area contributed by atoms with E-state index >= 15 is 0 Å². The molecule has 186 valence electrons. The van der Waals surface area contributed by atoms with Crippen molar-refractivity contribution < 1.29 is 9.53 Å². The second-order valence-electron chi connectivity index (χ2n) is 9.88. The Hall–Kier alpha value is -3.10. The van der Waals surface area contributed by atoms with Crippen LogP contribution in [0.3, 0.4) is 0 Å². The minimum atomic E-state index is -0.196. The Morgan fingerprint density at radius 3 is 2.43 bits per heavy atom. The summed E-state index contributed by atoms with van der Waals surface area (Å²) in [7, 11) is 1.82. The number of fused-ring (bicyclic) bond motifs is 1. The van der Waals surface area contributed by atoms with Gasteiger partial charge in [-0.2, -0.15) is 5.10 Å². The summed E-state index contributed by atoms with van der Waals surface area (Å²) < 4.78 is 7.95. The van der Waals surface area contributed by atoms with Crippen LogP contribution in [0.25, 0.3) is 16.6 Å². The fourth-order valence-corrected chi connectivity index (χ4v) is 5.32. The number of piperidine rings is 1.